The van der Waals surface area contributed by atoms with Crippen LogP contribution in [0.4, 0.5) is 30.2 Å². The fourth-order valence-corrected chi connectivity index (χ4v) is 2.24. The Labute approximate surface area is 153 Å². The largest absolute Gasteiger partial charge is 0.495 e. The number of carbonyl (C=O) groups excluding carboxylic acids is 2. The van der Waals surface area contributed by atoms with Gasteiger partial charge in [0.25, 0.3) is 0 Å². The van der Waals surface area contributed by atoms with E-state index < -0.39 is 17.6 Å². The zero-order chi connectivity index (χ0) is 20.0. The number of benzene rings is 2. The van der Waals surface area contributed by atoms with E-state index in [-0.39, 0.29) is 12.5 Å². The lowest BCUT2D eigenvalue weighted by molar-refractivity contribution is -0.137. The summed E-state index contributed by atoms with van der Waals surface area (Å²) in [4.78, 5) is 23.3. The number of methoxy groups -OCH3 is 1. The zero-order valence-corrected chi connectivity index (χ0v) is 14.6. The summed E-state index contributed by atoms with van der Waals surface area (Å²) in [5, 5.41) is 7.95. The van der Waals surface area contributed by atoms with Crippen molar-refractivity contribution in [3.63, 3.8) is 0 Å². The number of carbonyl (C=O) groups is 2. The smallest absolute Gasteiger partial charge is 0.416 e. The van der Waals surface area contributed by atoms with E-state index in [4.69, 9.17) is 4.74 Å². The van der Waals surface area contributed by atoms with Crippen molar-refractivity contribution < 1.29 is 27.5 Å². The van der Waals surface area contributed by atoms with Crippen molar-refractivity contribution >= 4 is 28.9 Å². The van der Waals surface area contributed by atoms with Crippen LogP contribution >= 0.6 is 0 Å². The Kier molecular flexibility index (Phi) is 6.27. The van der Waals surface area contributed by atoms with E-state index in [2.05, 4.69) is 16.0 Å². The summed E-state index contributed by atoms with van der Waals surface area (Å²) in [5.74, 6) is -0.304. The normalized spacial score (nSPS) is 10.9. The number of nitrogens with one attached hydrogen (secondary N) is 3. The second-order valence-electron chi connectivity index (χ2n) is 5.57. The van der Waals surface area contributed by atoms with E-state index in [9.17, 15) is 22.8 Å². The monoisotopic (exact) mass is 381 g/mol. The SMILES string of the molecule is COc1ccc(NC(C)=O)cc1NC(=O)CNc1ccc(C(F)(F)F)cc1. The van der Waals surface area contributed by atoms with Crippen LogP contribution in [0.2, 0.25) is 0 Å². The van der Waals surface area contributed by atoms with Gasteiger partial charge < -0.3 is 20.7 Å². The lowest BCUT2D eigenvalue weighted by atomic mass is 10.2. The highest BCUT2D eigenvalue weighted by Crippen LogP contribution is 2.30. The van der Waals surface area contributed by atoms with Crippen LogP contribution in [0.25, 0.3) is 0 Å². The minimum Gasteiger partial charge on any atom is -0.495 e. The molecular formula is C18H18F3N3O3. The van der Waals surface area contributed by atoms with Gasteiger partial charge >= 0.3 is 6.18 Å². The van der Waals surface area contributed by atoms with E-state index in [1.165, 1.54) is 32.2 Å². The second kappa shape index (κ2) is 8.43. The van der Waals surface area contributed by atoms with E-state index in [0.29, 0.717) is 22.8 Å². The van der Waals surface area contributed by atoms with Gasteiger partial charge in [-0.15, -0.1) is 0 Å². The summed E-state index contributed by atoms with van der Waals surface area (Å²) >= 11 is 0. The average Bonchev–Trinajstić information content (AvgIpc) is 2.59. The standard InChI is InChI=1S/C18H18F3N3O3/c1-11(25)23-14-7-8-16(27-2)15(9-14)24-17(26)10-22-13-5-3-12(4-6-13)18(19,20)21/h3-9,22H,10H2,1-2H3,(H,23,25)(H,24,26). The number of amides is 2. The van der Waals surface area contributed by atoms with Crippen molar-refractivity contribution in [2.75, 3.05) is 29.6 Å². The maximum absolute atomic E-state index is 12.5. The molecule has 0 aromatic heterocycles. The van der Waals surface area contributed by atoms with Crippen LogP contribution in [0, 0.1) is 0 Å². The van der Waals surface area contributed by atoms with Gasteiger partial charge in [-0.05, 0) is 42.5 Å². The van der Waals surface area contributed by atoms with Gasteiger partial charge in [0.2, 0.25) is 11.8 Å². The Balaban J connectivity index is 2.00. The molecule has 0 aliphatic heterocycles. The number of alkyl halides is 3. The molecule has 9 heteroatoms. The van der Waals surface area contributed by atoms with Gasteiger partial charge in [0.05, 0.1) is 24.9 Å². The molecule has 0 saturated carbocycles. The van der Waals surface area contributed by atoms with Crippen LogP contribution in [-0.2, 0) is 15.8 Å². The minimum atomic E-state index is -4.41. The molecule has 6 nitrogen and oxygen atoms in total. The van der Waals surface area contributed by atoms with Crippen molar-refractivity contribution in [1.29, 1.82) is 0 Å². The third kappa shape index (κ3) is 5.91. The number of rotatable bonds is 6. The van der Waals surface area contributed by atoms with Crippen LogP contribution in [0.3, 0.4) is 0 Å². The van der Waals surface area contributed by atoms with E-state index in [0.717, 1.165) is 12.1 Å². The maximum atomic E-state index is 12.5. The van der Waals surface area contributed by atoms with Gasteiger partial charge in [-0.3, -0.25) is 9.59 Å². The first kappa shape index (κ1) is 20.1. The summed E-state index contributed by atoms with van der Waals surface area (Å²) in [6.07, 6.45) is -4.41. The molecule has 0 fully saturated rings. The summed E-state index contributed by atoms with van der Waals surface area (Å²) in [5.41, 5.74) is 0.436. The highest BCUT2D eigenvalue weighted by molar-refractivity contribution is 5.96. The first-order valence-corrected chi connectivity index (χ1v) is 7.85. The molecule has 2 rings (SSSR count). The van der Waals surface area contributed by atoms with Gasteiger partial charge in [0.1, 0.15) is 5.75 Å². The molecule has 2 aromatic rings. The minimum absolute atomic E-state index is 0.168. The molecule has 0 spiro atoms. The Bertz CT molecular complexity index is 821. The maximum Gasteiger partial charge on any atom is 0.416 e. The molecule has 0 heterocycles. The quantitative estimate of drug-likeness (QED) is 0.713. The van der Waals surface area contributed by atoms with Crippen LogP contribution in [0.5, 0.6) is 5.75 Å². The molecule has 27 heavy (non-hydrogen) atoms. The number of halogens is 3. The predicted octanol–water partition coefficient (Wildman–Crippen LogP) is 3.72. The second-order valence-corrected chi connectivity index (χ2v) is 5.57. The molecule has 144 valence electrons. The van der Waals surface area contributed by atoms with Crippen LogP contribution in [-0.4, -0.2) is 25.5 Å². The van der Waals surface area contributed by atoms with Crippen molar-refractivity contribution in [2.24, 2.45) is 0 Å². The third-order valence-electron chi connectivity index (χ3n) is 3.46. The topological polar surface area (TPSA) is 79.5 Å². The van der Waals surface area contributed by atoms with Crippen LogP contribution in [0.1, 0.15) is 12.5 Å². The molecule has 0 atom stereocenters. The average molecular weight is 381 g/mol. The molecule has 0 aliphatic rings. The van der Waals surface area contributed by atoms with E-state index in [1.807, 2.05) is 0 Å². The number of hydrogen-bond acceptors (Lipinski definition) is 4. The lowest BCUT2D eigenvalue weighted by Crippen LogP contribution is -2.22. The Morgan fingerprint density at radius 2 is 1.63 bits per heavy atom. The summed E-state index contributed by atoms with van der Waals surface area (Å²) < 4.78 is 42.8. The molecule has 2 amide bonds. The molecule has 0 aliphatic carbocycles. The summed E-state index contributed by atoms with van der Waals surface area (Å²) in [6.45, 7) is 1.19. The number of anilines is 3. The van der Waals surface area contributed by atoms with Crippen LogP contribution in [0.15, 0.2) is 42.5 Å². The van der Waals surface area contributed by atoms with Crippen molar-refractivity contribution in [3.05, 3.63) is 48.0 Å². The first-order chi connectivity index (χ1) is 12.7. The molecule has 0 radical (unpaired) electrons. The van der Waals surface area contributed by atoms with Gasteiger partial charge in [-0.1, -0.05) is 0 Å². The van der Waals surface area contributed by atoms with Gasteiger partial charge in [0.15, 0.2) is 0 Å². The van der Waals surface area contributed by atoms with E-state index >= 15 is 0 Å². The van der Waals surface area contributed by atoms with Crippen LogP contribution < -0.4 is 20.7 Å². The third-order valence-corrected chi connectivity index (χ3v) is 3.46. The molecule has 0 unspecified atom stereocenters. The van der Waals surface area contributed by atoms with Gasteiger partial charge in [0, 0.05) is 18.3 Å². The van der Waals surface area contributed by atoms with Gasteiger partial charge in [-0.25, -0.2) is 0 Å². The van der Waals surface area contributed by atoms with Crippen molar-refractivity contribution in [1.82, 2.24) is 0 Å². The fraction of sp³-hybridized carbons (Fsp3) is 0.222. The lowest BCUT2D eigenvalue weighted by Gasteiger charge is -2.13. The Morgan fingerprint density at radius 1 is 1.00 bits per heavy atom. The number of hydrogen-bond donors (Lipinski definition) is 3. The van der Waals surface area contributed by atoms with Crippen molar-refractivity contribution in [2.45, 2.75) is 13.1 Å². The summed E-state index contributed by atoms with van der Waals surface area (Å²) in [7, 11) is 1.43. The van der Waals surface area contributed by atoms with Gasteiger partial charge in [-0.2, -0.15) is 13.2 Å². The molecule has 0 saturated heterocycles. The fourth-order valence-electron chi connectivity index (χ4n) is 2.24. The predicted molar refractivity (Wildman–Crippen MR) is 95.9 cm³/mol. The van der Waals surface area contributed by atoms with E-state index in [1.54, 1.807) is 12.1 Å². The van der Waals surface area contributed by atoms with Crippen molar-refractivity contribution in [3.8, 4) is 5.75 Å². The highest BCUT2D eigenvalue weighted by atomic mass is 19.4. The number of ether oxygens (including phenoxy) is 1. The Hall–Kier alpha value is -3.23. The zero-order valence-electron chi connectivity index (χ0n) is 14.6. The molecule has 0 bridgehead atoms. The molecule has 3 N–H and O–H groups in total. The highest BCUT2D eigenvalue weighted by Gasteiger charge is 2.29. The molecular weight excluding hydrogens is 363 g/mol. The first-order valence-electron chi connectivity index (χ1n) is 7.85. The summed E-state index contributed by atoms with van der Waals surface area (Å²) in [6, 6.07) is 9.10. The Morgan fingerprint density at radius 3 is 2.19 bits per heavy atom. The molecule has 2 aromatic carbocycles.